The first-order valence-corrected chi connectivity index (χ1v) is 6.63. The number of hydrogen-bond acceptors (Lipinski definition) is 3. The molecule has 0 aliphatic heterocycles. The average Bonchev–Trinajstić information content (AvgIpc) is 2.90. The van der Waals surface area contributed by atoms with E-state index in [0.717, 1.165) is 12.8 Å². The van der Waals surface area contributed by atoms with Gasteiger partial charge in [-0.25, -0.2) is 0 Å². The van der Waals surface area contributed by atoms with Crippen molar-refractivity contribution in [3.05, 3.63) is 18.0 Å². The van der Waals surface area contributed by atoms with Gasteiger partial charge in [0.05, 0.1) is 0 Å². The molecule has 2 rings (SSSR count). The number of halogens is 1. The third-order valence-electron chi connectivity index (χ3n) is 3.26. The summed E-state index contributed by atoms with van der Waals surface area (Å²) in [6.45, 7) is 0.581. The summed E-state index contributed by atoms with van der Waals surface area (Å²) in [4.78, 5) is 14.1. The van der Waals surface area contributed by atoms with E-state index < -0.39 is 0 Å². The maximum Gasteiger partial charge on any atom is 0.276 e. The van der Waals surface area contributed by atoms with E-state index in [4.69, 9.17) is 16.1 Å². The minimum atomic E-state index is -0.0636. The third kappa shape index (κ3) is 3.00. The Morgan fingerprint density at radius 1 is 1.47 bits per heavy atom. The number of carbonyl (C=O) groups excluding carboxylic acids is 1. The van der Waals surface area contributed by atoms with Crippen molar-refractivity contribution in [2.75, 3.05) is 12.4 Å². The highest BCUT2D eigenvalue weighted by Crippen LogP contribution is 2.23. The second kappa shape index (κ2) is 6.05. The molecule has 1 heterocycles. The summed E-state index contributed by atoms with van der Waals surface area (Å²) in [5.41, 5.74) is 0.376. The molecule has 5 heteroatoms. The van der Waals surface area contributed by atoms with Gasteiger partial charge in [0.15, 0.2) is 5.69 Å². The molecule has 1 saturated carbocycles. The lowest BCUT2D eigenvalue weighted by molar-refractivity contribution is 0.0639. The molecule has 17 heavy (non-hydrogen) atoms. The van der Waals surface area contributed by atoms with Gasteiger partial charge < -0.3 is 9.42 Å². The standard InChI is InChI=1S/C12H17ClN2O2/c13-7-8-15(10-4-2-1-3-5-10)12(16)11-6-9-17-14-11/h6,9-10H,1-5,7-8H2. The lowest BCUT2D eigenvalue weighted by Crippen LogP contribution is -2.42. The summed E-state index contributed by atoms with van der Waals surface area (Å²) >= 11 is 5.78. The zero-order valence-electron chi connectivity index (χ0n) is 9.77. The lowest BCUT2D eigenvalue weighted by Gasteiger charge is -2.33. The summed E-state index contributed by atoms with van der Waals surface area (Å²) in [6.07, 6.45) is 7.21. The van der Waals surface area contributed by atoms with Crippen molar-refractivity contribution in [1.29, 1.82) is 0 Å². The predicted octanol–water partition coefficient (Wildman–Crippen LogP) is 2.69. The van der Waals surface area contributed by atoms with Crippen molar-refractivity contribution >= 4 is 17.5 Å². The molecular formula is C12H17ClN2O2. The molecular weight excluding hydrogens is 240 g/mol. The Bertz CT molecular complexity index is 347. The molecule has 0 atom stereocenters. The van der Waals surface area contributed by atoms with Crippen LogP contribution in [-0.2, 0) is 0 Å². The Labute approximate surface area is 106 Å². The quantitative estimate of drug-likeness (QED) is 0.778. The van der Waals surface area contributed by atoms with Crippen LogP contribution in [0, 0.1) is 0 Å². The van der Waals surface area contributed by atoms with E-state index in [1.807, 2.05) is 4.90 Å². The highest BCUT2D eigenvalue weighted by atomic mass is 35.5. The first-order valence-electron chi connectivity index (χ1n) is 6.10. The number of rotatable bonds is 4. The molecule has 0 saturated heterocycles. The van der Waals surface area contributed by atoms with Crippen LogP contribution >= 0.6 is 11.6 Å². The molecule has 1 aromatic rings. The molecule has 1 fully saturated rings. The normalized spacial score (nSPS) is 17.0. The number of carbonyl (C=O) groups is 1. The number of amides is 1. The topological polar surface area (TPSA) is 46.3 Å². The van der Waals surface area contributed by atoms with Crippen LogP contribution in [0.5, 0.6) is 0 Å². The molecule has 4 nitrogen and oxygen atoms in total. The van der Waals surface area contributed by atoms with Crippen molar-refractivity contribution in [2.45, 2.75) is 38.1 Å². The van der Waals surface area contributed by atoms with Crippen LogP contribution in [0.2, 0.25) is 0 Å². The number of hydrogen-bond donors (Lipinski definition) is 0. The zero-order valence-corrected chi connectivity index (χ0v) is 10.5. The van der Waals surface area contributed by atoms with Crippen molar-refractivity contribution in [1.82, 2.24) is 10.1 Å². The minimum absolute atomic E-state index is 0.0636. The van der Waals surface area contributed by atoms with Crippen molar-refractivity contribution < 1.29 is 9.32 Å². The largest absolute Gasteiger partial charge is 0.364 e. The third-order valence-corrected chi connectivity index (χ3v) is 3.43. The summed E-state index contributed by atoms with van der Waals surface area (Å²) in [7, 11) is 0. The van der Waals surface area contributed by atoms with Gasteiger partial charge in [0.2, 0.25) is 0 Å². The smallest absolute Gasteiger partial charge is 0.276 e. The second-order valence-electron chi connectivity index (χ2n) is 4.36. The van der Waals surface area contributed by atoms with Crippen LogP contribution in [0.25, 0.3) is 0 Å². The van der Waals surface area contributed by atoms with Crippen LogP contribution in [0.1, 0.15) is 42.6 Å². The minimum Gasteiger partial charge on any atom is -0.364 e. The van der Waals surface area contributed by atoms with Gasteiger partial charge in [-0.3, -0.25) is 4.79 Å². The molecule has 1 aromatic heterocycles. The van der Waals surface area contributed by atoms with Crippen LogP contribution in [0.3, 0.4) is 0 Å². The first kappa shape index (κ1) is 12.4. The van der Waals surface area contributed by atoms with E-state index in [0.29, 0.717) is 24.2 Å². The van der Waals surface area contributed by atoms with E-state index in [2.05, 4.69) is 5.16 Å². The highest BCUT2D eigenvalue weighted by molar-refractivity contribution is 6.18. The molecule has 0 spiro atoms. The van der Waals surface area contributed by atoms with Crippen molar-refractivity contribution in [2.24, 2.45) is 0 Å². The van der Waals surface area contributed by atoms with Crippen LogP contribution in [0.15, 0.2) is 16.9 Å². The van der Waals surface area contributed by atoms with Gasteiger partial charge in [0, 0.05) is 24.5 Å². The van der Waals surface area contributed by atoms with Crippen LogP contribution < -0.4 is 0 Å². The first-order chi connectivity index (χ1) is 8.33. The fourth-order valence-corrected chi connectivity index (χ4v) is 2.59. The van der Waals surface area contributed by atoms with Gasteiger partial charge in [-0.15, -0.1) is 11.6 Å². The van der Waals surface area contributed by atoms with E-state index in [1.165, 1.54) is 25.5 Å². The Morgan fingerprint density at radius 3 is 2.82 bits per heavy atom. The molecule has 0 bridgehead atoms. The fraction of sp³-hybridized carbons (Fsp3) is 0.667. The molecule has 0 unspecified atom stereocenters. The molecule has 1 aliphatic rings. The SMILES string of the molecule is O=C(c1ccon1)N(CCCl)C1CCCCC1. The van der Waals surface area contributed by atoms with E-state index in [9.17, 15) is 4.79 Å². The summed E-state index contributed by atoms with van der Waals surface area (Å²) in [5.74, 6) is 0.395. The molecule has 0 aromatic carbocycles. The summed E-state index contributed by atoms with van der Waals surface area (Å²) < 4.78 is 4.72. The van der Waals surface area contributed by atoms with E-state index >= 15 is 0 Å². The van der Waals surface area contributed by atoms with Gasteiger partial charge in [0.25, 0.3) is 5.91 Å². The highest BCUT2D eigenvalue weighted by Gasteiger charge is 2.26. The predicted molar refractivity (Wildman–Crippen MR) is 65.1 cm³/mol. The lowest BCUT2D eigenvalue weighted by atomic mass is 9.94. The Hall–Kier alpha value is -1.03. The molecule has 0 radical (unpaired) electrons. The van der Waals surface area contributed by atoms with Gasteiger partial charge >= 0.3 is 0 Å². The molecule has 0 N–H and O–H groups in total. The van der Waals surface area contributed by atoms with E-state index in [-0.39, 0.29) is 5.91 Å². The molecule has 1 amide bonds. The number of alkyl halides is 1. The Kier molecular flexibility index (Phi) is 4.42. The fourth-order valence-electron chi connectivity index (χ4n) is 2.40. The van der Waals surface area contributed by atoms with Gasteiger partial charge in [0.1, 0.15) is 6.26 Å². The maximum atomic E-state index is 12.2. The second-order valence-corrected chi connectivity index (χ2v) is 4.74. The average molecular weight is 257 g/mol. The summed E-state index contributed by atoms with van der Waals surface area (Å²) in [6, 6.07) is 1.92. The van der Waals surface area contributed by atoms with Crippen LogP contribution in [0.4, 0.5) is 0 Å². The summed E-state index contributed by atoms with van der Waals surface area (Å²) in [5, 5.41) is 3.70. The van der Waals surface area contributed by atoms with Crippen molar-refractivity contribution in [3.63, 3.8) is 0 Å². The van der Waals surface area contributed by atoms with Crippen LogP contribution in [-0.4, -0.2) is 34.4 Å². The van der Waals surface area contributed by atoms with Gasteiger partial charge in [-0.2, -0.15) is 0 Å². The number of nitrogens with zero attached hydrogens (tertiary/aromatic N) is 2. The van der Waals surface area contributed by atoms with Gasteiger partial charge in [-0.1, -0.05) is 24.4 Å². The zero-order chi connectivity index (χ0) is 12.1. The molecule has 1 aliphatic carbocycles. The Morgan fingerprint density at radius 2 is 2.24 bits per heavy atom. The van der Waals surface area contributed by atoms with Gasteiger partial charge in [-0.05, 0) is 12.8 Å². The van der Waals surface area contributed by atoms with Crippen molar-refractivity contribution in [3.8, 4) is 0 Å². The number of aromatic nitrogens is 1. The molecule has 94 valence electrons. The maximum absolute atomic E-state index is 12.2. The monoisotopic (exact) mass is 256 g/mol. The van der Waals surface area contributed by atoms with E-state index in [1.54, 1.807) is 6.07 Å². The Balaban J connectivity index is 2.07.